The van der Waals surface area contributed by atoms with Gasteiger partial charge in [0, 0.05) is 10.9 Å². The number of methoxy groups -OCH3 is 1. The van der Waals surface area contributed by atoms with Crippen LogP contribution in [0.3, 0.4) is 0 Å². The minimum absolute atomic E-state index is 0.357. The third-order valence-corrected chi connectivity index (χ3v) is 2.86. The summed E-state index contributed by atoms with van der Waals surface area (Å²) in [6.45, 7) is 0. The summed E-state index contributed by atoms with van der Waals surface area (Å²) in [5.74, 6) is 5.67. The molecule has 0 aliphatic heterocycles. The third kappa shape index (κ3) is 2.41. The van der Waals surface area contributed by atoms with Gasteiger partial charge in [-0.1, -0.05) is 4.49 Å². The van der Waals surface area contributed by atoms with Gasteiger partial charge in [-0.3, -0.25) is 5.84 Å². The van der Waals surface area contributed by atoms with Gasteiger partial charge < -0.3 is 4.74 Å². The van der Waals surface area contributed by atoms with Crippen molar-refractivity contribution in [2.75, 3.05) is 7.11 Å². The Bertz CT molecular complexity index is 491. The van der Waals surface area contributed by atoms with Gasteiger partial charge in [0.2, 0.25) is 0 Å². The molecule has 2 aromatic rings. The summed E-state index contributed by atoms with van der Waals surface area (Å²) in [5.41, 5.74) is 3.79. The van der Waals surface area contributed by atoms with Crippen LogP contribution in [0.5, 0.6) is 5.75 Å². The molecule has 0 radical (unpaired) electrons. The Morgan fingerprint density at radius 3 is 2.94 bits per heavy atom. The van der Waals surface area contributed by atoms with Crippen LogP contribution in [-0.4, -0.2) is 16.7 Å². The zero-order valence-corrected chi connectivity index (χ0v) is 9.87. The van der Waals surface area contributed by atoms with Crippen molar-refractivity contribution >= 4 is 11.5 Å². The SMILES string of the molecule is COc1ccc(F)cc1C(NN)c1csnn1. The van der Waals surface area contributed by atoms with Crippen LogP contribution < -0.4 is 16.0 Å². The first-order valence-electron chi connectivity index (χ1n) is 4.82. The maximum Gasteiger partial charge on any atom is 0.124 e. The fourth-order valence-corrected chi connectivity index (χ4v) is 2.04. The van der Waals surface area contributed by atoms with Gasteiger partial charge in [-0.15, -0.1) is 5.10 Å². The number of benzene rings is 1. The molecule has 17 heavy (non-hydrogen) atoms. The molecule has 0 spiro atoms. The van der Waals surface area contributed by atoms with E-state index in [1.807, 2.05) is 0 Å². The molecule has 0 saturated carbocycles. The Kier molecular flexibility index (Phi) is 3.62. The molecule has 3 N–H and O–H groups in total. The van der Waals surface area contributed by atoms with Crippen molar-refractivity contribution in [2.24, 2.45) is 5.84 Å². The van der Waals surface area contributed by atoms with Crippen molar-refractivity contribution in [2.45, 2.75) is 6.04 Å². The lowest BCUT2D eigenvalue weighted by Crippen LogP contribution is -2.29. The van der Waals surface area contributed by atoms with Crippen LogP contribution >= 0.6 is 11.5 Å². The first-order chi connectivity index (χ1) is 8.26. The molecular formula is C10H11FN4OS. The maximum absolute atomic E-state index is 13.3. The van der Waals surface area contributed by atoms with Crippen LogP contribution in [0.1, 0.15) is 17.3 Å². The van der Waals surface area contributed by atoms with Crippen LogP contribution in [0.4, 0.5) is 4.39 Å². The van der Waals surface area contributed by atoms with Gasteiger partial charge in [0.05, 0.1) is 18.8 Å². The summed E-state index contributed by atoms with van der Waals surface area (Å²) < 4.78 is 22.2. The van der Waals surface area contributed by atoms with Crippen LogP contribution in [0.25, 0.3) is 0 Å². The molecule has 5 nitrogen and oxygen atoms in total. The molecular weight excluding hydrogens is 243 g/mol. The number of nitrogens with one attached hydrogen (secondary N) is 1. The van der Waals surface area contributed by atoms with E-state index in [9.17, 15) is 4.39 Å². The van der Waals surface area contributed by atoms with Crippen molar-refractivity contribution in [1.82, 2.24) is 15.0 Å². The van der Waals surface area contributed by atoms with Crippen LogP contribution in [0.2, 0.25) is 0 Å². The number of hydrogen-bond acceptors (Lipinski definition) is 6. The number of aromatic nitrogens is 2. The molecule has 1 atom stereocenters. The number of rotatable bonds is 4. The second-order valence-electron chi connectivity index (χ2n) is 3.32. The number of halogens is 1. The van der Waals surface area contributed by atoms with Gasteiger partial charge >= 0.3 is 0 Å². The molecule has 0 bridgehead atoms. The quantitative estimate of drug-likeness (QED) is 0.634. The number of hydrogen-bond donors (Lipinski definition) is 2. The Balaban J connectivity index is 2.46. The molecule has 1 unspecified atom stereocenters. The second kappa shape index (κ2) is 5.17. The number of ether oxygens (including phenoxy) is 1. The van der Waals surface area contributed by atoms with Crippen LogP contribution in [-0.2, 0) is 0 Å². The smallest absolute Gasteiger partial charge is 0.124 e. The lowest BCUT2D eigenvalue weighted by molar-refractivity contribution is 0.402. The molecule has 1 aromatic heterocycles. The minimum atomic E-state index is -0.445. The summed E-state index contributed by atoms with van der Waals surface area (Å²) in [5, 5.41) is 5.66. The van der Waals surface area contributed by atoms with E-state index in [0.29, 0.717) is 17.0 Å². The Morgan fingerprint density at radius 2 is 2.35 bits per heavy atom. The summed E-state index contributed by atoms with van der Waals surface area (Å²) in [7, 11) is 1.52. The maximum atomic E-state index is 13.3. The van der Waals surface area contributed by atoms with E-state index in [-0.39, 0.29) is 5.82 Å². The molecule has 0 saturated heterocycles. The van der Waals surface area contributed by atoms with E-state index in [4.69, 9.17) is 10.6 Å². The zero-order valence-electron chi connectivity index (χ0n) is 9.05. The lowest BCUT2D eigenvalue weighted by atomic mass is 10.0. The molecule has 1 aromatic carbocycles. The lowest BCUT2D eigenvalue weighted by Gasteiger charge is -2.16. The van der Waals surface area contributed by atoms with Crippen molar-refractivity contribution in [3.63, 3.8) is 0 Å². The van der Waals surface area contributed by atoms with E-state index >= 15 is 0 Å². The molecule has 2 rings (SSSR count). The summed E-state index contributed by atoms with van der Waals surface area (Å²) >= 11 is 1.20. The van der Waals surface area contributed by atoms with E-state index < -0.39 is 6.04 Å². The average molecular weight is 254 g/mol. The highest BCUT2D eigenvalue weighted by molar-refractivity contribution is 7.03. The molecule has 0 amide bonds. The summed E-state index contributed by atoms with van der Waals surface area (Å²) in [4.78, 5) is 0. The normalized spacial score (nSPS) is 12.4. The van der Waals surface area contributed by atoms with Crippen molar-refractivity contribution in [1.29, 1.82) is 0 Å². The number of hydrazine groups is 1. The topological polar surface area (TPSA) is 73.1 Å². The first kappa shape index (κ1) is 11.9. The molecule has 7 heteroatoms. The predicted molar refractivity (Wildman–Crippen MR) is 62.0 cm³/mol. The molecule has 0 aliphatic rings. The van der Waals surface area contributed by atoms with Gasteiger partial charge in [0.25, 0.3) is 0 Å². The third-order valence-electron chi connectivity index (χ3n) is 2.34. The number of nitrogens with two attached hydrogens (primary N) is 1. The fraction of sp³-hybridized carbons (Fsp3) is 0.200. The predicted octanol–water partition coefficient (Wildman–Crippen LogP) is 1.24. The van der Waals surface area contributed by atoms with Gasteiger partial charge in [-0.25, -0.2) is 9.82 Å². The molecule has 0 fully saturated rings. The Labute approximate surface area is 102 Å². The average Bonchev–Trinajstić information content (AvgIpc) is 2.84. The first-order valence-corrected chi connectivity index (χ1v) is 5.66. The Morgan fingerprint density at radius 1 is 1.53 bits per heavy atom. The fourth-order valence-electron chi connectivity index (χ4n) is 1.56. The van der Waals surface area contributed by atoms with Crippen molar-refractivity contribution < 1.29 is 9.13 Å². The zero-order chi connectivity index (χ0) is 12.3. The number of nitrogens with zero attached hydrogens (tertiary/aromatic N) is 2. The van der Waals surface area contributed by atoms with E-state index in [2.05, 4.69) is 15.0 Å². The highest BCUT2D eigenvalue weighted by atomic mass is 32.1. The largest absolute Gasteiger partial charge is 0.496 e. The van der Waals surface area contributed by atoms with E-state index in [1.165, 1.54) is 30.8 Å². The molecule has 0 aliphatic carbocycles. The van der Waals surface area contributed by atoms with Crippen molar-refractivity contribution in [3.8, 4) is 5.75 Å². The Hall–Kier alpha value is -1.57. The van der Waals surface area contributed by atoms with Gasteiger partial charge in [0.15, 0.2) is 0 Å². The standard InChI is InChI=1S/C10H11FN4OS/c1-16-9-3-2-6(11)4-7(9)10(13-12)8-5-17-15-14-8/h2-5,10,13H,12H2,1H3. The van der Waals surface area contributed by atoms with Gasteiger partial charge in [0.1, 0.15) is 11.6 Å². The van der Waals surface area contributed by atoms with E-state index in [1.54, 1.807) is 11.4 Å². The summed E-state index contributed by atoms with van der Waals surface area (Å²) in [6.07, 6.45) is 0. The molecule has 90 valence electrons. The highest BCUT2D eigenvalue weighted by Gasteiger charge is 2.20. The summed E-state index contributed by atoms with van der Waals surface area (Å²) in [6, 6.07) is 3.80. The second-order valence-corrected chi connectivity index (χ2v) is 3.93. The van der Waals surface area contributed by atoms with Crippen LogP contribution in [0.15, 0.2) is 23.6 Å². The molecule has 1 heterocycles. The minimum Gasteiger partial charge on any atom is -0.496 e. The van der Waals surface area contributed by atoms with Gasteiger partial charge in [-0.05, 0) is 29.7 Å². The highest BCUT2D eigenvalue weighted by Crippen LogP contribution is 2.29. The van der Waals surface area contributed by atoms with E-state index in [0.717, 1.165) is 0 Å². The van der Waals surface area contributed by atoms with Gasteiger partial charge in [-0.2, -0.15) is 0 Å². The monoisotopic (exact) mass is 254 g/mol. The van der Waals surface area contributed by atoms with Crippen LogP contribution in [0, 0.1) is 5.82 Å². The van der Waals surface area contributed by atoms with Crippen molar-refractivity contribution in [3.05, 3.63) is 40.7 Å².